The molecule has 1 aliphatic heterocycles. The summed E-state index contributed by atoms with van der Waals surface area (Å²) in [6.45, 7) is 11.0. The van der Waals surface area contributed by atoms with E-state index in [-0.39, 0.29) is 30.5 Å². The van der Waals surface area contributed by atoms with Gasteiger partial charge in [0.2, 0.25) is 0 Å². The molecule has 32 heavy (non-hydrogen) atoms. The van der Waals surface area contributed by atoms with E-state index in [1.54, 1.807) is 0 Å². The van der Waals surface area contributed by atoms with Crippen LogP contribution in [0, 0.1) is 5.92 Å². The molecule has 4 atom stereocenters. The molecule has 1 saturated heterocycles. The summed E-state index contributed by atoms with van der Waals surface area (Å²) in [6.07, 6.45) is 2.63. The van der Waals surface area contributed by atoms with Crippen molar-refractivity contribution in [2.24, 2.45) is 5.92 Å². The van der Waals surface area contributed by atoms with Crippen LogP contribution in [0.4, 0.5) is 0 Å². The fourth-order valence-corrected chi connectivity index (χ4v) is 4.81. The predicted octanol–water partition coefficient (Wildman–Crippen LogP) is 6.97. The van der Waals surface area contributed by atoms with Gasteiger partial charge in [-0.1, -0.05) is 55.3 Å². The van der Waals surface area contributed by atoms with Crippen LogP contribution in [0.1, 0.15) is 68.7 Å². The Balaban J connectivity index is 2.02. The van der Waals surface area contributed by atoms with Gasteiger partial charge in [0.15, 0.2) is 0 Å². The van der Waals surface area contributed by atoms with E-state index in [0.717, 1.165) is 46.7 Å². The zero-order valence-corrected chi connectivity index (χ0v) is 19.9. The van der Waals surface area contributed by atoms with Gasteiger partial charge in [-0.25, -0.2) is 0 Å². The van der Waals surface area contributed by atoms with Crippen molar-refractivity contribution >= 4 is 17.6 Å². The van der Waals surface area contributed by atoms with Crippen LogP contribution in [-0.4, -0.2) is 23.8 Å². The maximum Gasteiger partial charge on any atom is 0.307 e. The highest BCUT2D eigenvalue weighted by atomic mass is 35.5. The molecular weight excluding hydrogens is 424 g/mol. The molecule has 0 spiro atoms. The summed E-state index contributed by atoms with van der Waals surface area (Å²) in [7, 11) is 0. The summed E-state index contributed by atoms with van der Waals surface area (Å²) in [5, 5.41) is 10.0. The number of halogens is 1. The van der Waals surface area contributed by atoms with Gasteiger partial charge in [-0.2, -0.15) is 0 Å². The Labute approximate surface area is 196 Å². The number of carboxylic acids is 1. The molecular formula is C27H33ClO4. The second-order valence-corrected chi connectivity index (χ2v) is 9.04. The van der Waals surface area contributed by atoms with Gasteiger partial charge in [0, 0.05) is 22.4 Å². The van der Waals surface area contributed by atoms with Crippen molar-refractivity contribution in [1.29, 1.82) is 0 Å². The Morgan fingerprint density at radius 3 is 2.53 bits per heavy atom. The van der Waals surface area contributed by atoms with Crippen molar-refractivity contribution in [3.63, 3.8) is 0 Å². The standard InChI is InChI=1S/C27H33ClO4/c1-5-7-25-22(19-9-11-20(28)12-10-19)16-21(17(3)4)27(32-25)23-14-18(15-26(29)30)8-13-24(23)31-6-2/h8-14,21-22,25,27H,3,5-7,15-16H2,1-2,4H3,(H,29,30)/t21-,22-,25+,27+/m1/s1. The van der Waals surface area contributed by atoms with Gasteiger partial charge in [0.1, 0.15) is 5.75 Å². The first-order valence-corrected chi connectivity index (χ1v) is 11.8. The Morgan fingerprint density at radius 2 is 1.94 bits per heavy atom. The summed E-state index contributed by atoms with van der Waals surface area (Å²) in [5.74, 6) is 0.219. The highest BCUT2D eigenvalue weighted by Crippen LogP contribution is 2.49. The first kappa shape index (κ1) is 24.3. The largest absolute Gasteiger partial charge is 0.493 e. The number of rotatable bonds is 9. The van der Waals surface area contributed by atoms with Gasteiger partial charge in [0.05, 0.1) is 25.2 Å². The summed E-state index contributed by atoms with van der Waals surface area (Å²) in [5.41, 5.74) is 3.93. The van der Waals surface area contributed by atoms with Crippen molar-refractivity contribution in [3.8, 4) is 5.75 Å². The fourth-order valence-electron chi connectivity index (χ4n) is 4.68. The molecule has 1 aliphatic rings. The molecule has 0 radical (unpaired) electrons. The van der Waals surface area contributed by atoms with E-state index >= 15 is 0 Å². The zero-order valence-electron chi connectivity index (χ0n) is 19.1. The van der Waals surface area contributed by atoms with Gasteiger partial charge < -0.3 is 14.6 Å². The molecule has 5 heteroatoms. The third kappa shape index (κ3) is 5.73. The molecule has 0 saturated carbocycles. The van der Waals surface area contributed by atoms with Crippen LogP contribution in [0.3, 0.4) is 0 Å². The molecule has 1 fully saturated rings. The van der Waals surface area contributed by atoms with E-state index in [2.05, 4.69) is 25.6 Å². The molecule has 172 valence electrons. The highest BCUT2D eigenvalue weighted by molar-refractivity contribution is 6.30. The lowest BCUT2D eigenvalue weighted by Crippen LogP contribution is -2.36. The monoisotopic (exact) mass is 456 g/mol. The van der Waals surface area contributed by atoms with E-state index < -0.39 is 5.97 Å². The van der Waals surface area contributed by atoms with Crippen LogP contribution < -0.4 is 4.74 Å². The van der Waals surface area contributed by atoms with E-state index in [1.807, 2.05) is 44.2 Å². The molecule has 0 aromatic heterocycles. The number of carbonyl (C=O) groups is 1. The molecule has 4 nitrogen and oxygen atoms in total. The smallest absolute Gasteiger partial charge is 0.307 e. The van der Waals surface area contributed by atoms with Gasteiger partial charge in [-0.05, 0) is 62.1 Å². The zero-order chi connectivity index (χ0) is 23.3. The molecule has 3 rings (SSSR count). The first-order chi connectivity index (χ1) is 15.3. The minimum absolute atomic E-state index is 0.0321. The fraction of sp³-hybridized carbons (Fsp3) is 0.444. The van der Waals surface area contributed by atoms with Crippen LogP contribution in [0.2, 0.25) is 5.02 Å². The lowest BCUT2D eigenvalue weighted by molar-refractivity contribution is -0.136. The van der Waals surface area contributed by atoms with E-state index in [0.29, 0.717) is 6.61 Å². The third-order valence-electron chi connectivity index (χ3n) is 6.18. The van der Waals surface area contributed by atoms with E-state index in [4.69, 9.17) is 21.1 Å². The Morgan fingerprint density at radius 1 is 1.22 bits per heavy atom. The van der Waals surface area contributed by atoms with Crippen molar-refractivity contribution in [3.05, 3.63) is 76.3 Å². The normalized spacial score (nSPS) is 23.0. The van der Waals surface area contributed by atoms with Gasteiger partial charge in [-0.15, -0.1) is 0 Å². The van der Waals surface area contributed by atoms with Gasteiger partial charge >= 0.3 is 5.97 Å². The van der Waals surface area contributed by atoms with Crippen LogP contribution in [0.5, 0.6) is 5.75 Å². The molecule has 1 heterocycles. The summed E-state index contributed by atoms with van der Waals surface area (Å²) in [6, 6.07) is 13.7. The maximum absolute atomic E-state index is 11.3. The lowest BCUT2D eigenvalue weighted by Gasteiger charge is -2.43. The molecule has 1 N–H and O–H groups in total. The van der Waals surface area contributed by atoms with Crippen LogP contribution >= 0.6 is 11.6 Å². The Hall–Kier alpha value is -2.30. The number of hydrogen-bond donors (Lipinski definition) is 1. The molecule has 0 bridgehead atoms. The van der Waals surface area contributed by atoms with Crippen LogP contribution in [0.25, 0.3) is 0 Å². The van der Waals surface area contributed by atoms with E-state index in [1.165, 1.54) is 5.56 Å². The SMILES string of the molecule is C=C(C)[C@H]1C[C@H](c2ccc(Cl)cc2)[C@H](CCC)O[C@@H]1c1cc(CC(=O)O)ccc1OCC. The van der Waals surface area contributed by atoms with Crippen molar-refractivity contribution in [1.82, 2.24) is 0 Å². The molecule has 2 aromatic carbocycles. The first-order valence-electron chi connectivity index (χ1n) is 11.4. The second kappa shape index (κ2) is 11.0. The number of hydrogen-bond acceptors (Lipinski definition) is 3. The lowest BCUT2D eigenvalue weighted by atomic mass is 9.74. The maximum atomic E-state index is 11.3. The minimum atomic E-state index is -0.854. The molecule has 2 aromatic rings. The minimum Gasteiger partial charge on any atom is -0.493 e. The summed E-state index contributed by atoms with van der Waals surface area (Å²) < 4.78 is 12.7. The Kier molecular flexibility index (Phi) is 8.38. The van der Waals surface area contributed by atoms with Crippen molar-refractivity contribution in [2.45, 2.75) is 64.6 Å². The average Bonchev–Trinajstić information content (AvgIpc) is 2.75. The van der Waals surface area contributed by atoms with Gasteiger partial charge in [-0.3, -0.25) is 4.79 Å². The number of benzene rings is 2. The van der Waals surface area contributed by atoms with Crippen molar-refractivity contribution < 1.29 is 19.4 Å². The molecule has 0 amide bonds. The summed E-state index contributed by atoms with van der Waals surface area (Å²) in [4.78, 5) is 11.3. The van der Waals surface area contributed by atoms with Crippen LogP contribution in [-0.2, 0) is 16.0 Å². The quantitative estimate of drug-likeness (QED) is 0.414. The highest BCUT2D eigenvalue weighted by Gasteiger charge is 2.40. The number of carboxylic acid groups (broad SMARTS) is 1. The average molecular weight is 457 g/mol. The van der Waals surface area contributed by atoms with Crippen LogP contribution in [0.15, 0.2) is 54.6 Å². The third-order valence-corrected chi connectivity index (χ3v) is 6.44. The number of aliphatic carboxylic acids is 1. The molecule has 0 aliphatic carbocycles. The van der Waals surface area contributed by atoms with Crippen molar-refractivity contribution in [2.75, 3.05) is 6.61 Å². The second-order valence-electron chi connectivity index (χ2n) is 8.61. The summed E-state index contributed by atoms with van der Waals surface area (Å²) >= 11 is 6.13. The number of ether oxygens (including phenoxy) is 2. The topological polar surface area (TPSA) is 55.8 Å². The molecule has 0 unspecified atom stereocenters. The van der Waals surface area contributed by atoms with E-state index in [9.17, 15) is 9.90 Å². The van der Waals surface area contributed by atoms with Gasteiger partial charge in [0.25, 0.3) is 0 Å². The predicted molar refractivity (Wildman–Crippen MR) is 129 cm³/mol. The Bertz CT molecular complexity index is 937.